The second-order valence-corrected chi connectivity index (χ2v) is 4.10. The van der Waals surface area contributed by atoms with E-state index in [4.69, 9.17) is 4.42 Å². The Morgan fingerprint density at radius 3 is 2.84 bits per heavy atom. The monoisotopic (exact) mass is 256 g/mol. The first-order valence-corrected chi connectivity index (χ1v) is 6.04. The average molecular weight is 256 g/mol. The molecular weight excluding hydrogens is 240 g/mol. The molecule has 0 atom stereocenters. The van der Waals surface area contributed by atoms with Crippen LogP contribution in [0.25, 0.3) is 6.08 Å². The van der Waals surface area contributed by atoms with Crippen LogP contribution in [0.15, 0.2) is 53.3 Å². The molecule has 19 heavy (non-hydrogen) atoms. The van der Waals surface area contributed by atoms with Crippen molar-refractivity contribution in [2.24, 2.45) is 0 Å². The number of nitrogens with one attached hydrogen (secondary N) is 2. The molecule has 0 aliphatic rings. The maximum Gasteiger partial charge on any atom is 0.319 e. The Morgan fingerprint density at radius 2 is 2.11 bits per heavy atom. The Kier molecular flexibility index (Phi) is 4.39. The van der Waals surface area contributed by atoms with E-state index in [9.17, 15) is 4.79 Å². The number of benzene rings is 1. The highest BCUT2D eigenvalue weighted by molar-refractivity contribution is 5.75. The number of hydrogen-bond acceptors (Lipinski definition) is 2. The molecule has 4 nitrogen and oxygen atoms in total. The van der Waals surface area contributed by atoms with Crippen LogP contribution in [-0.4, -0.2) is 6.03 Å². The van der Waals surface area contributed by atoms with Crippen molar-refractivity contribution in [2.75, 3.05) is 0 Å². The molecule has 0 bridgehead atoms. The molecule has 0 radical (unpaired) electrons. The van der Waals surface area contributed by atoms with Crippen molar-refractivity contribution < 1.29 is 9.21 Å². The van der Waals surface area contributed by atoms with Crippen molar-refractivity contribution in [3.05, 3.63) is 65.7 Å². The average Bonchev–Trinajstić information content (AvgIpc) is 2.92. The van der Waals surface area contributed by atoms with Crippen molar-refractivity contribution in [3.8, 4) is 0 Å². The summed E-state index contributed by atoms with van der Waals surface area (Å²) in [6.07, 6.45) is 5.06. The number of urea groups is 1. The zero-order chi connectivity index (χ0) is 13.5. The van der Waals surface area contributed by atoms with Gasteiger partial charge in [-0.25, -0.2) is 4.79 Å². The molecule has 2 aromatic rings. The summed E-state index contributed by atoms with van der Waals surface area (Å²) in [4.78, 5) is 11.5. The van der Waals surface area contributed by atoms with Gasteiger partial charge in [0.2, 0.25) is 0 Å². The lowest BCUT2D eigenvalue weighted by Gasteiger charge is -2.02. The van der Waals surface area contributed by atoms with Crippen molar-refractivity contribution >= 4 is 12.1 Å². The molecule has 0 aliphatic carbocycles. The molecule has 0 saturated carbocycles. The first-order valence-electron chi connectivity index (χ1n) is 6.04. The fourth-order valence-corrected chi connectivity index (χ4v) is 1.61. The van der Waals surface area contributed by atoms with Crippen LogP contribution in [-0.2, 0) is 6.54 Å². The molecular formula is C15H16N2O2. The molecule has 1 heterocycles. The van der Waals surface area contributed by atoms with E-state index in [-0.39, 0.29) is 6.03 Å². The van der Waals surface area contributed by atoms with Crippen molar-refractivity contribution in [2.45, 2.75) is 13.5 Å². The van der Waals surface area contributed by atoms with E-state index < -0.39 is 0 Å². The first-order chi connectivity index (χ1) is 9.25. The normalized spacial score (nSPS) is 10.6. The molecule has 1 aromatic carbocycles. The largest absolute Gasteiger partial charge is 0.467 e. The number of hydrogen-bond donors (Lipinski definition) is 2. The summed E-state index contributed by atoms with van der Waals surface area (Å²) in [6.45, 7) is 2.40. The molecule has 0 saturated heterocycles. The van der Waals surface area contributed by atoms with E-state index >= 15 is 0 Å². The van der Waals surface area contributed by atoms with Gasteiger partial charge in [0, 0.05) is 6.20 Å². The summed E-state index contributed by atoms with van der Waals surface area (Å²) in [7, 11) is 0. The van der Waals surface area contributed by atoms with Gasteiger partial charge in [0.25, 0.3) is 0 Å². The van der Waals surface area contributed by atoms with Gasteiger partial charge in [0.1, 0.15) is 5.76 Å². The highest BCUT2D eigenvalue weighted by atomic mass is 16.3. The lowest BCUT2D eigenvalue weighted by Crippen LogP contribution is -2.31. The van der Waals surface area contributed by atoms with Gasteiger partial charge in [-0.2, -0.15) is 0 Å². The van der Waals surface area contributed by atoms with Crippen LogP contribution in [0.1, 0.15) is 16.9 Å². The van der Waals surface area contributed by atoms with Gasteiger partial charge in [-0.05, 0) is 36.3 Å². The van der Waals surface area contributed by atoms with E-state index in [0.717, 1.165) is 16.9 Å². The molecule has 0 unspecified atom stereocenters. The first kappa shape index (κ1) is 13.0. The minimum atomic E-state index is -0.263. The van der Waals surface area contributed by atoms with E-state index in [1.54, 1.807) is 18.5 Å². The molecule has 0 spiro atoms. The second-order valence-electron chi connectivity index (χ2n) is 4.10. The Bertz CT molecular complexity index is 559. The topological polar surface area (TPSA) is 54.3 Å². The minimum Gasteiger partial charge on any atom is -0.467 e. The summed E-state index contributed by atoms with van der Waals surface area (Å²) in [6, 6.07) is 11.3. The number of furan rings is 1. The van der Waals surface area contributed by atoms with E-state index in [2.05, 4.69) is 10.6 Å². The smallest absolute Gasteiger partial charge is 0.319 e. The molecule has 1 aromatic heterocycles. The SMILES string of the molecule is Cc1ccccc1/C=C/NC(=O)NCc1ccco1. The highest BCUT2D eigenvalue weighted by Crippen LogP contribution is 2.07. The molecule has 4 heteroatoms. The Morgan fingerprint density at radius 1 is 1.26 bits per heavy atom. The standard InChI is InChI=1S/C15H16N2O2/c1-12-5-2-3-6-13(12)8-9-16-15(18)17-11-14-7-4-10-19-14/h2-10H,11H2,1H3,(H2,16,17,18)/b9-8+. The fraction of sp³-hybridized carbons (Fsp3) is 0.133. The van der Waals surface area contributed by atoms with Gasteiger partial charge in [-0.1, -0.05) is 24.3 Å². The van der Waals surface area contributed by atoms with E-state index in [1.165, 1.54) is 0 Å². The molecule has 2 N–H and O–H groups in total. The van der Waals surface area contributed by atoms with Crippen molar-refractivity contribution in [1.29, 1.82) is 0 Å². The summed E-state index contributed by atoms with van der Waals surface area (Å²) >= 11 is 0. The Labute approximate surface area is 112 Å². The van der Waals surface area contributed by atoms with Gasteiger partial charge >= 0.3 is 6.03 Å². The molecule has 0 fully saturated rings. The lowest BCUT2D eigenvalue weighted by atomic mass is 10.1. The summed E-state index contributed by atoms with van der Waals surface area (Å²) in [5.74, 6) is 0.720. The van der Waals surface area contributed by atoms with Crippen LogP contribution >= 0.6 is 0 Å². The second kappa shape index (κ2) is 6.44. The zero-order valence-electron chi connectivity index (χ0n) is 10.7. The van der Waals surface area contributed by atoms with Crippen LogP contribution in [0.2, 0.25) is 0 Å². The quantitative estimate of drug-likeness (QED) is 0.883. The van der Waals surface area contributed by atoms with Crippen LogP contribution in [0.5, 0.6) is 0 Å². The minimum absolute atomic E-state index is 0.263. The molecule has 98 valence electrons. The summed E-state index contributed by atoms with van der Waals surface area (Å²) in [5.41, 5.74) is 2.24. The van der Waals surface area contributed by atoms with Gasteiger partial charge in [-0.15, -0.1) is 0 Å². The third-order valence-corrected chi connectivity index (χ3v) is 2.67. The van der Waals surface area contributed by atoms with E-state index in [1.807, 2.05) is 43.3 Å². The Hall–Kier alpha value is -2.49. The molecule has 2 rings (SSSR count). The zero-order valence-corrected chi connectivity index (χ0v) is 10.7. The van der Waals surface area contributed by atoms with Crippen molar-refractivity contribution in [1.82, 2.24) is 10.6 Å². The van der Waals surface area contributed by atoms with Crippen LogP contribution in [0.4, 0.5) is 4.79 Å². The van der Waals surface area contributed by atoms with Crippen molar-refractivity contribution in [3.63, 3.8) is 0 Å². The van der Waals surface area contributed by atoms with Gasteiger partial charge in [-0.3, -0.25) is 0 Å². The van der Waals surface area contributed by atoms with Crippen LogP contribution < -0.4 is 10.6 Å². The fourth-order valence-electron chi connectivity index (χ4n) is 1.61. The van der Waals surface area contributed by atoms with E-state index in [0.29, 0.717) is 6.54 Å². The number of aryl methyl sites for hydroxylation is 1. The number of amides is 2. The van der Waals surface area contributed by atoms with Crippen LogP contribution in [0, 0.1) is 6.92 Å². The third-order valence-electron chi connectivity index (χ3n) is 2.67. The Balaban J connectivity index is 1.79. The maximum atomic E-state index is 11.5. The molecule has 2 amide bonds. The summed E-state index contributed by atoms with van der Waals surface area (Å²) < 4.78 is 5.11. The molecule has 0 aliphatic heterocycles. The third kappa shape index (κ3) is 4.03. The van der Waals surface area contributed by atoms with Gasteiger partial charge < -0.3 is 15.1 Å². The summed E-state index contributed by atoms with van der Waals surface area (Å²) in [5, 5.41) is 5.34. The number of rotatable bonds is 4. The number of carbonyl (C=O) groups is 1. The predicted molar refractivity (Wildman–Crippen MR) is 74.3 cm³/mol. The maximum absolute atomic E-state index is 11.5. The van der Waals surface area contributed by atoms with Crippen LogP contribution in [0.3, 0.4) is 0 Å². The highest BCUT2D eigenvalue weighted by Gasteiger charge is 1.99. The van der Waals surface area contributed by atoms with Gasteiger partial charge in [0.05, 0.1) is 12.8 Å². The lowest BCUT2D eigenvalue weighted by molar-refractivity contribution is 0.243. The number of carbonyl (C=O) groups excluding carboxylic acids is 1. The van der Waals surface area contributed by atoms with Gasteiger partial charge in [0.15, 0.2) is 0 Å². The predicted octanol–water partition coefficient (Wildman–Crippen LogP) is 3.06.